The average Bonchev–Trinajstić information content (AvgIpc) is 2.26. The second-order valence-electron chi connectivity index (χ2n) is 3.99. The molecular formula is C12H16N2O3. The zero-order chi connectivity index (χ0) is 13.2. The van der Waals surface area contributed by atoms with E-state index >= 15 is 0 Å². The summed E-state index contributed by atoms with van der Waals surface area (Å²) in [7, 11) is 1.70. The minimum atomic E-state index is -0.897. The maximum atomic E-state index is 11.0. The van der Waals surface area contributed by atoms with E-state index in [1.54, 1.807) is 37.1 Å². The Morgan fingerprint density at radius 1 is 1.41 bits per heavy atom. The van der Waals surface area contributed by atoms with Crippen molar-refractivity contribution in [3.63, 3.8) is 0 Å². The smallest absolute Gasteiger partial charge is 0.326 e. The molecule has 5 heteroatoms. The van der Waals surface area contributed by atoms with E-state index in [1.165, 1.54) is 0 Å². The van der Waals surface area contributed by atoms with Crippen molar-refractivity contribution in [2.75, 3.05) is 11.9 Å². The summed E-state index contributed by atoms with van der Waals surface area (Å²) in [5, 5.41) is 8.93. The van der Waals surface area contributed by atoms with Gasteiger partial charge in [-0.25, -0.2) is 4.79 Å². The fourth-order valence-corrected chi connectivity index (χ4v) is 1.58. The minimum Gasteiger partial charge on any atom is -0.480 e. The van der Waals surface area contributed by atoms with Gasteiger partial charge in [0.2, 0.25) is 5.91 Å². The number of carbonyl (C=O) groups excluding carboxylic acids is 1. The van der Waals surface area contributed by atoms with Crippen LogP contribution in [0.2, 0.25) is 0 Å². The molecule has 17 heavy (non-hydrogen) atoms. The third-order valence-electron chi connectivity index (χ3n) is 2.80. The van der Waals surface area contributed by atoms with Crippen molar-refractivity contribution in [3.8, 4) is 0 Å². The van der Waals surface area contributed by atoms with E-state index in [-0.39, 0.29) is 0 Å². The number of nitrogens with two attached hydrogens (primary N) is 1. The van der Waals surface area contributed by atoms with Crippen molar-refractivity contribution in [3.05, 3.63) is 29.3 Å². The van der Waals surface area contributed by atoms with Gasteiger partial charge >= 0.3 is 5.97 Å². The summed E-state index contributed by atoms with van der Waals surface area (Å²) < 4.78 is 0. The molecule has 1 atom stereocenters. The van der Waals surface area contributed by atoms with Crippen LogP contribution in [0.4, 0.5) is 5.69 Å². The van der Waals surface area contributed by atoms with Crippen molar-refractivity contribution >= 4 is 17.6 Å². The maximum Gasteiger partial charge on any atom is 0.326 e. The van der Waals surface area contributed by atoms with Gasteiger partial charge in [-0.05, 0) is 37.6 Å². The van der Waals surface area contributed by atoms with Gasteiger partial charge in [0, 0.05) is 18.3 Å². The standard InChI is InChI=1S/C12H16N2O3/c1-7-6-9(11(13)15)4-5-10(7)14(3)8(2)12(16)17/h4-6,8H,1-3H3,(H2,13,15)(H,16,17). The van der Waals surface area contributed by atoms with Crippen LogP contribution in [0.5, 0.6) is 0 Å². The number of aryl methyl sites for hydroxylation is 1. The van der Waals surface area contributed by atoms with E-state index < -0.39 is 17.9 Å². The molecular weight excluding hydrogens is 220 g/mol. The maximum absolute atomic E-state index is 11.0. The number of carboxylic acids is 1. The fourth-order valence-electron chi connectivity index (χ4n) is 1.58. The van der Waals surface area contributed by atoms with Crippen molar-refractivity contribution < 1.29 is 14.7 Å². The van der Waals surface area contributed by atoms with Crippen LogP contribution in [-0.2, 0) is 4.79 Å². The van der Waals surface area contributed by atoms with Gasteiger partial charge in [0.15, 0.2) is 0 Å². The van der Waals surface area contributed by atoms with Crippen molar-refractivity contribution in [2.24, 2.45) is 5.73 Å². The monoisotopic (exact) mass is 236 g/mol. The summed E-state index contributed by atoms with van der Waals surface area (Å²) in [6.07, 6.45) is 0. The predicted octanol–water partition coefficient (Wildman–Crippen LogP) is 1.00. The highest BCUT2D eigenvalue weighted by molar-refractivity contribution is 5.93. The normalized spacial score (nSPS) is 11.9. The number of carbonyl (C=O) groups is 2. The number of benzene rings is 1. The van der Waals surface area contributed by atoms with Crippen LogP contribution in [0.15, 0.2) is 18.2 Å². The van der Waals surface area contributed by atoms with E-state index in [0.717, 1.165) is 11.3 Å². The first kappa shape index (κ1) is 13.0. The first-order valence-corrected chi connectivity index (χ1v) is 5.20. The Balaban J connectivity index is 3.08. The van der Waals surface area contributed by atoms with Gasteiger partial charge in [-0.1, -0.05) is 0 Å². The molecule has 1 rings (SSSR count). The number of primary amides is 1. The highest BCUT2D eigenvalue weighted by Crippen LogP contribution is 2.21. The highest BCUT2D eigenvalue weighted by Gasteiger charge is 2.18. The third-order valence-corrected chi connectivity index (χ3v) is 2.80. The molecule has 1 aromatic carbocycles. The van der Waals surface area contributed by atoms with Gasteiger partial charge < -0.3 is 15.7 Å². The Hall–Kier alpha value is -2.04. The molecule has 1 aromatic rings. The van der Waals surface area contributed by atoms with Crippen LogP contribution in [0.3, 0.4) is 0 Å². The first-order valence-electron chi connectivity index (χ1n) is 5.20. The molecule has 0 saturated carbocycles. The third kappa shape index (κ3) is 2.75. The summed E-state index contributed by atoms with van der Waals surface area (Å²) >= 11 is 0. The van der Waals surface area contributed by atoms with Crippen LogP contribution in [0, 0.1) is 6.92 Å². The largest absolute Gasteiger partial charge is 0.480 e. The zero-order valence-corrected chi connectivity index (χ0v) is 10.1. The van der Waals surface area contributed by atoms with Gasteiger partial charge in [-0.15, -0.1) is 0 Å². The van der Waals surface area contributed by atoms with Crippen LogP contribution >= 0.6 is 0 Å². The van der Waals surface area contributed by atoms with E-state index in [1.807, 2.05) is 6.92 Å². The molecule has 0 radical (unpaired) electrons. The second kappa shape index (κ2) is 4.86. The molecule has 0 heterocycles. The average molecular weight is 236 g/mol. The number of hydrogen-bond donors (Lipinski definition) is 2. The lowest BCUT2D eigenvalue weighted by molar-refractivity contribution is -0.138. The topological polar surface area (TPSA) is 83.6 Å². The van der Waals surface area contributed by atoms with E-state index in [2.05, 4.69) is 0 Å². The first-order chi connectivity index (χ1) is 7.84. The Labute approximate surface area is 99.8 Å². The predicted molar refractivity (Wildman–Crippen MR) is 65.2 cm³/mol. The highest BCUT2D eigenvalue weighted by atomic mass is 16.4. The minimum absolute atomic E-state index is 0.419. The molecule has 0 fully saturated rings. The van der Waals surface area contributed by atoms with Crippen molar-refractivity contribution in [1.29, 1.82) is 0 Å². The van der Waals surface area contributed by atoms with Crippen molar-refractivity contribution in [1.82, 2.24) is 0 Å². The van der Waals surface area contributed by atoms with Gasteiger partial charge in [-0.2, -0.15) is 0 Å². The van der Waals surface area contributed by atoms with E-state index in [9.17, 15) is 9.59 Å². The molecule has 0 spiro atoms. The molecule has 5 nitrogen and oxygen atoms in total. The van der Waals surface area contributed by atoms with E-state index in [0.29, 0.717) is 5.56 Å². The Kier molecular flexibility index (Phi) is 3.73. The zero-order valence-electron chi connectivity index (χ0n) is 10.1. The summed E-state index contributed by atoms with van der Waals surface area (Å²) in [4.78, 5) is 23.5. The number of likely N-dealkylation sites (N-methyl/N-ethyl adjacent to an activating group) is 1. The SMILES string of the molecule is Cc1cc(C(N)=O)ccc1N(C)C(C)C(=O)O. The molecule has 92 valence electrons. The molecule has 0 aliphatic carbocycles. The summed E-state index contributed by atoms with van der Waals surface area (Å²) in [5.41, 5.74) is 7.17. The molecule has 3 N–H and O–H groups in total. The van der Waals surface area contributed by atoms with Gasteiger partial charge in [-0.3, -0.25) is 4.79 Å². The lowest BCUT2D eigenvalue weighted by Gasteiger charge is -2.25. The van der Waals surface area contributed by atoms with Gasteiger partial charge in [0.25, 0.3) is 0 Å². The van der Waals surface area contributed by atoms with Gasteiger partial charge in [0.05, 0.1) is 0 Å². The van der Waals surface area contributed by atoms with Crippen LogP contribution in [0.1, 0.15) is 22.8 Å². The molecule has 1 unspecified atom stereocenters. The van der Waals surface area contributed by atoms with Crippen molar-refractivity contribution in [2.45, 2.75) is 19.9 Å². The molecule has 0 aliphatic heterocycles. The number of hydrogen-bond acceptors (Lipinski definition) is 3. The fraction of sp³-hybridized carbons (Fsp3) is 0.333. The Morgan fingerprint density at radius 2 is 2.00 bits per heavy atom. The summed E-state index contributed by atoms with van der Waals surface area (Å²) in [6, 6.07) is 4.32. The van der Waals surface area contributed by atoms with Crippen LogP contribution < -0.4 is 10.6 Å². The molecule has 0 saturated heterocycles. The number of carboxylic acid groups (broad SMARTS) is 1. The number of rotatable bonds is 4. The number of nitrogens with zero attached hydrogens (tertiary/aromatic N) is 1. The van der Waals surface area contributed by atoms with Crippen LogP contribution in [-0.4, -0.2) is 30.1 Å². The molecule has 0 aliphatic rings. The number of aliphatic carboxylic acids is 1. The lowest BCUT2D eigenvalue weighted by Crippen LogP contribution is -2.36. The second-order valence-corrected chi connectivity index (χ2v) is 3.99. The Bertz CT molecular complexity index is 457. The lowest BCUT2D eigenvalue weighted by atomic mass is 10.1. The molecule has 0 bridgehead atoms. The summed E-state index contributed by atoms with van der Waals surface area (Å²) in [6.45, 7) is 3.41. The van der Waals surface area contributed by atoms with Gasteiger partial charge in [0.1, 0.15) is 6.04 Å². The van der Waals surface area contributed by atoms with Crippen LogP contribution in [0.25, 0.3) is 0 Å². The number of anilines is 1. The van der Waals surface area contributed by atoms with E-state index in [4.69, 9.17) is 10.8 Å². The number of amides is 1. The quantitative estimate of drug-likeness (QED) is 0.817. The molecule has 0 aromatic heterocycles. The summed E-state index contributed by atoms with van der Waals surface area (Å²) in [5.74, 6) is -1.39. The molecule has 1 amide bonds. The Morgan fingerprint density at radius 3 is 2.41 bits per heavy atom.